The van der Waals surface area contributed by atoms with Crippen LogP contribution in [0.3, 0.4) is 0 Å². The minimum atomic E-state index is -2.61. The standard InChI is InChI=1S/C16H26F2N6O2/c1-11(2)14(19)15(26)21-9-13(25)23-7-5-22(6-8-23)10-12-20-3-4-24(12)16(17)18/h3-4,11,14,16H,5-10,19H2,1-2H3,(H,21,26)/t14-/m0/s1. The number of alkyl halides is 2. The summed E-state index contributed by atoms with van der Waals surface area (Å²) in [6.07, 6.45) is 2.61. The maximum atomic E-state index is 12.8. The SMILES string of the molecule is CC(C)[C@H](N)C(=O)NCC(=O)N1CCN(Cc2nccn2C(F)F)CC1. The molecule has 0 bridgehead atoms. The Morgan fingerprint density at radius 1 is 1.27 bits per heavy atom. The highest BCUT2D eigenvalue weighted by Crippen LogP contribution is 2.15. The van der Waals surface area contributed by atoms with E-state index >= 15 is 0 Å². The van der Waals surface area contributed by atoms with Gasteiger partial charge < -0.3 is 16.0 Å². The van der Waals surface area contributed by atoms with Crippen LogP contribution in [-0.2, 0) is 16.1 Å². The highest BCUT2D eigenvalue weighted by atomic mass is 19.3. The number of hydrogen-bond acceptors (Lipinski definition) is 5. The average Bonchev–Trinajstić information content (AvgIpc) is 3.07. The van der Waals surface area contributed by atoms with Crippen LogP contribution >= 0.6 is 0 Å². The fourth-order valence-corrected chi connectivity index (χ4v) is 2.69. The Morgan fingerprint density at radius 2 is 1.92 bits per heavy atom. The number of imidazole rings is 1. The largest absolute Gasteiger partial charge is 0.346 e. The topological polar surface area (TPSA) is 96.5 Å². The summed E-state index contributed by atoms with van der Waals surface area (Å²) in [5.74, 6) is -0.224. The fraction of sp³-hybridized carbons (Fsp3) is 0.688. The second-order valence-corrected chi connectivity index (χ2v) is 6.67. The number of nitrogens with zero attached hydrogens (tertiary/aromatic N) is 4. The zero-order chi connectivity index (χ0) is 19.3. The lowest BCUT2D eigenvalue weighted by molar-refractivity contribution is -0.134. The third kappa shape index (κ3) is 5.21. The summed E-state index contributed by atoms with van der Waals surface area (Å²) in [6, 6.07) is -0.641. The molecule has 26 heavy (non-hydrogen) atoms. The van der Waals surface area contributed by atoms with E-state index in [4.69, 9.17) is 5.73 Å². The number of amides is 2. The highest BCUT2D eigenvalue weighted by Gasteiger charge is 2.24. The van der Waals surface area contributed by atoms with Crippen LogP contribution in [0.5, 0.6) is 0 Å². The zero-order valence-electron chi connectivity index (χ0n) is 15.1. The van der Waals surface area contributed by atoms with Gasteiger partial charge in [-0.1, -0.05) is 13.8 Å². The van der Waals surface area contributed by atoms with E-state index in [0.29, 0.717) is 38.5 Å². The molecule has 1 saturated heterocycles. The normalized spacial score (nSPS) is 17.0. The summed E-state index contributed by atoms with van der Waals surface area (Å²) < 4.78 is 26.5. The number of hydrogen-bond donors (Lipinski definition) is 2. The Labute approximate surface area is 151 Å². The van der Waals surface area contributed by atoms with Crippen LogP contribution in [0.15, 0.2) is 12.4 Å². The van der Waals surface area contributed by atoms with Gasteiger partial charge in [0.2, 0.25) is 11.8 Å². The first-order chi connectivity index (χ1) is 12.3. The molecule has 0 radical (unpaired) electrons. The molecule has 1 aliphatic rings. The summed E-state index contributed by atoms with van der Waals surface area (Å²) >= 11 is 0. The van der Waals surface area contributed by atoms with Crippen LogP contribution in [0.25, 0.3) is 0 Å². The first-order valence-electron chi connectivity index (χ1n) is 8.63. The van der Waals surface area contributed by atoms with Crippen molar-refractivity contribution in [2.75, 3.05) is 32.7 Å². The van der Waals surface area contributed by atoms with E-state index in [1.54, 1.807) is 4.90 Å². The highest BCUT2D eigenvalue weighted by molar-refractivity contribution is 5.87. The molecule has 0 saturated carbocycles. The molecule has 1 atom stereocenters. The molecule has 0 aliphatic carbocycles. The predicted octanol–water partition coefficient (Wildman–Crippen LogP) is 0.0219. The Morgan fingerprint density at radius 3 is 2.50 bits per heavy atom. The van der Waals surface area contributed by atoms with E-state index in [-0.39, 0.29) is 24.3 Å². The van der Waals surface area contributed by atoms with E-state index < -0.39 is 12.6 Å². The number of carbonyl (C=O) groups is 2. The lowest BCUT2D eigenvalue weighted by atomic mass is 10.1. The van der Waals surface area contributed by atoms with Gasteiger partial charge in [-0.2, -0.15) is 8.78 Å². The second kappa shape index (κ2) is 9.04. The predicted molar refractivity (Wildman–Crippen MR) is 91.2 cm³/mol. The number of halogens is 2. The minimum Gasteiger partial charge on any atom is -0.346 e. The Hall–Kier alpha value is -2.07. The molecule has 2 heterocycles. The Bertz CT molecular complexity index is 614. The number of nitrogens with two attached hydrogens (primary N) is 1. The molecule has 2 rings (SSSR count). The summed E-state index contributed by atoms with van der Waals surface area (Å²) in [5, 5.41) is 2.56. The van der Waals surface area contributed by atoms with Gasteiger partial charge in [-0.05, 0) is 5.92 Å². The van der Waals surface area contributed by atoms with Gasteiger partial charge in [0.25, 0.3) is 0 Å². The third-order valence-corrected chi connectivity index (χ3v) is 4.48. The fourth-order valence-electron chi connectivity index (χ4n) is 2.69. The molecule has 146 valence electrons. The van der Waals surface area contributed by atoms with Gasteiger partial charge >= 0.3 is 6.55 Å². The second-order valence-electron chi connectivity index (χ2n) is 6.67. The van der Waals surface area contributed by atoms with E-state index in [9.17, 15) is 18.4 Å². The quantitative estimate of drug-likeness (QED) is 0.704. The van der Waals surface area contributed by atoms with Gasteiger partial charge in [-0.3, -0.25) is 19.1 Å². The minimum absolute atomic E-state index is 0.00515. The van der Waals surface area contributed by atoms with Crippen LogP contribution in [0.4, 0.5) is 8.78 Å². The van der Waals surface area contributed by atoms with Gasteiger partial charge in [-0.15, -0.1) is 0 Å². The van der Waals surface area contributed by atoms with Crippen molar-refractivity contribution in [2.45, 2.75) is 33.0 Å². The monoisotopic (exact) mass is 372 g/mol. The lowest BCUT2D eigenvalue weighted by Crippen LogP contribution is -2.52. The summed E-state index contributed by atoms with van der Waals surface area (Å²) in [4.78, 5) is 31.6. The number of piperazine rings is 1. The zero-order valence-corrected chi connectivity index (χ0v) is 15.1. The van der Waals surface area contributed by atoms with Crippen molar-refractivity contribution in [3.8, 4) is 0 Å². The van der Waals surface area contributed by atoms with E-state index in [1.165, 1.54) is 12.4 Å². The molecule has 1 aliphatic heterocycles. The molecule has 3 N–H and O–H groups in total. The Balaban J connectivity index is 1.76. The third-order valence-electron chi connectivity index (χ3n) is 4.48. The van der Waals surface area contributed by atoms with Crippen molar-refractivity contribution >= 4 is 11.8 Å². The van der Waals surface area contributed by atoms with Crippen molar-refractivity contribution in [3.63, 3.8) is 0 Å². The number of rotatable bonds is 7. The van der Waals surface area contributed by atoms with Crippen LogP contribution in [-0.4, -0.2) is 69.9 Å². The molecule has 1 aromatic rings. The van der Waals surface area contributed by atoms with Crippen LogP contribution in [0, 0.1) is 5.92 Å². The molecule has 0 aromatic carbocycles. The smallest absolute Gasteiger partial charge is 0.319 e. The van der Waals surface area contributed by atoms with E-state index in [0.717, 1.165) is 4.57 Å². The maximum Gasteiger partial charge on any atom is 0.319 e. The molecular weight excluding hydrogens is 346 g/mol. The summed E-state index contributed by atoms with van der Waals surface area (Å²) in [7, 11) is 0. The molecular formula is C16H26F2N6O2. The lowest BCUT2D eigenvalue weighted by Gasteiger charge is -2.34. The summed E-state index contributed by atoms with van der Waals surface area (Å²) in [6.45, 7) is 3.34. The van der Waals surface area contributed by atoms with Gasteiger partial charge in [-0.25, -0.2) is 4.98 Å². The number of nitrogens with one attached hydrogen (secondary N) is 1. The van der Waals surface area contributed by atoms with E-state index in [1.807, 2.05) is 18.7 Å². The maximum absolute atomic E-state index is 12.8. The number of carbonyl (C=O) groups excluding carboxylic acids is 2. The molecule has 10 heteroatoms. The first-order valence-corrected chi connectivity index (χ1v) is 8.63. The average molecular weight is 372 g/mol. The number of aromatic nitrogens is 2. The molecule has 2 amide bonds. The van der Waals surface area contributed by atoms with Gasteiger partial charge in [0.05, 0.1) is 19.1 Å². The summed E-state index contributed by atoms with van der Waals surface area (Å²) in [5.41, 5.74) is 5.74. The van der Waals surface area contributed by atoms with Crippen molar-refractivity contribution in [1.82, 2.24) is 24.7 Å². The molecule has 0 spiro atoms. The van der Waals surface area contributed by atoms with Crippen molar-refractivity contribution in [3.05, 3.63) is 18.2 Å². The van der Waals surface area contributed by atoms with Gasteiger partial charge in [0.15, 0.2) is 0 Å². The van der Waals surface area contributed by atoms with Crippen LogP contribution in [0.1, 0.15) is 26.2 Å². The molecule has 8 nitrogen and oxygen atoms in total. The van der Waals surface area contributed by atoms with Gasteiger partial charge in [0, 0.05) is 38.6 Å². The molecule has 1 fully saturated rings. The molecule has 0 unspecified atom stereocenters. The Kier molecular flexibility index (Phi) is 7.04. The van der Waals surface area contributed by atoms with Crippen LogP contribution < -0.4 is 11.1 Å². The van der Waals surface area contributed by atoms with Crippen molar-refractivity contribution in [2.24, 2.45) is 11.7 Å². The van der Waals surface area contributed by atoms with E-state index in [2.05, 4.69) is 10.3 Å². The first kappa shape index (κ1) is 20.2. The van der Waals surface area contributed by atoms with Crippen molar-refractivity contribution in [1.29, 1.82) is 0 Å². The van der Waals surface area contributed by atoms with Crippen LogP contribution in [0.2, 0.25) is 0 Å². The molecule has 1 aromatic heterocycles. The van der Waals surface area contributed by atoms with Gasteiger partial charge in [0.1, 0.15) is 5.82 Å². The van der Waals surface area contributed by atoms with Crippen molar-refractivity contribution < 1.29 is 18.4 Å².